The van der Waals surface area contributed by atoms with Crippen molar-refractivity contribution in [3.63, 3.8) is 0 Å². The molecular formula is C12H21N3O3. The Bertz CT molecular complexity index is 321. The minimum atomic E-state index is -0.790. The van der Waals surface area contributed by atoms with Gasteiger partial charge in [-0.2, -0.15) is 0 Å². The van der Waals surface area contributed by atoms with Gasteiger partial charge in [0.15, 0.2) is 0 Å². The average Bonchev–Trinajstić information content (AvgIpc) is 3.12. The Morgan fingerprint density at radius 3 is 2.72 bits per heavy atom. The zero-order chi connectivity index (χ0) is 13.0. The van der Waals surface area contributed by atoms with Crippen LogP contribution in [0.15, 0.2) is 0 Å². The van der Waals surface area contributed by atoms with Crippen molar-refractivity contribution in [1.82, 2.24) is 15.5 Å². The number of carboxylic acids is 1. The van der Waals surface area contributed by atoms with Crippen LogP contribution in [-0.4, -0.2) is 61.2 Å². The molecule has 0 unspecified atom stereocenters. The maximum Gasteiger partial charge on any atom is 0.311 e. The first-order chi connectivity index (χ1) is 8.62. The molecule has 1 aliphatic carbocycles. The third-order valence-corrected chi connectivity index (χ3v) is 3.73. The average molecular weight is 255 g/mol. The summed E-state index contributed by atoms with van der Waals surface area (Å²) >= 11 is 0. The van der Waals surface area contributed by atoms with E-state index in [0.29, 0.717) is 19.4 Å². The number of carbonyl (C=O) groups is 2. The fourth-order valence-electron chi connectivity index (χ4n) is 2.20. The Kier molecular flexibility index (Phi) is 4.19. The molecule has 6 heteroatoms. The van der Waals surface area contributed by atoms with Crippen molar-refractivity contribution >= 4 is 11.9 Å². The minimum absolute atomic E-state index is 0.0653. The summed E-state index contributed by atoms with van der Waals surface area (Å²) in [5.41, 5.74) is -0.671. The highest BCUT2D eigenvalue weighted by Gasteiger charge is 2.50. The van der Waals surface area contributed by atoms with Crippen molar-refractivity contribution in [2.24, 2.45) is 5.41 Å². The van der Waals surface area contributed by atoms with Gasteiger partial charge in [0.25, 0.3) is 0 Å². The topological polar surface area (TPSA) is 81.7 Å². The van der Waals surface area contributed by atoms with Gasteiger partial charge in [0.1, 0.15) is 0 Å². The molecule has 2 fully saturated rings. The van der Waals surface area contributed by atoms with E-state index in [4.69, 9.17) is 5.11 Å². The second-order valence-corrected chi connectivity index (χ2v) is 5.24. The van der Waals surface area contributed by atoms with Crippen molar-refractivity contribution in [3.8, 4) is 0 Å². The van der Waals surface area contributed by atoms with Crippen molar-refractivity contribution in [2.45, 2.75) is 19.3 Å². The molecule has 102 valence electrons. The monoisotopic (exact) mass is 255 g/mol. The van der Waals surface area contributed by atoms with Crippen LogP contribution < -0.4 is 10.6 Å². The van der Waals surface area contributed by atoms with Gasteiger partial charge in [-0.15, -0.1) is 0 Å². The van der Waals surface area contributed by atoms with E-state index in [1.165, 1.54) is 0 Å². The van der Waals surface area contributed by atoms with Crippen molar-refractivity contribution < 1.29 is 14.7 Å². The number of rotatable bonds is 5. The molecule has 2 rings (SSSR count). The van der Waals surface area contributed by atoms with Crippen molar-refractivity contribution in [1.29, 1.82) is 0 Å². The summed E-state index contributed by atoms with van der Waals surface area (Å²) in [6.07, 6.45) is 2.40. The van der Waals surface area contributed by atoms with Gasteiger partial charge in [-0.05, 0) is 32.4 Å². The number of carbonyl (C=O) groups excluding carboxylic acids is 1. The lowest BCUT2D eigenvalue weighted by molar-refractivity contribution is -0.143. The Hall–Kier alpha value is -1.14. The van der Waals surface area contributed by atoms with Gasteiger partial charge in [-0.3, -0.25) is 14.5 Å². The molecule has 1 heterocycles. The molecule has 2 aliphatic rings. The first kappa shape index (κ1) is 13.3. The van der Waals surface area contributed by atoms with E-state index >= 15 is 0 Å². The van der Waals surface area contributed by atoms with Crippen LogP contribution in [0.4, 0.5) is 0 Å². The predicted octanol–water partition coefficient (Wildman–Crippen LogP) is -0.737. The summed E-state index contributed by atoms with van der Waals surface area (Å²) in [5, 5.41) is 15.0. The van der Waals surface area contributed by atoms with Gasteiger partial charge in [-0.25, -0.2) is 0 Å². The second kappa shape index (κ2) is 5.67. The summed E-state index contributed by atoms with van der Waals surface area (Å²) in [4.78, 5) is 24.8. The first-order valence-electron chi connectivity index (χ1n) is 6.56. The van der Waals surface area contributed by atoms with E-state index in [2.05, 4.69) is 15.5 Å². The second-order valence-electron chi connectivity index (χ2n) is 5.24. The molecule has 0 aromatic carbocycles. The highest BCUT2D eigenvalue weighted by Crippen LogP contribution is 2.45. The quantitative estimate of drug-likeness (QED) is 0.603. The Labute approximate surface area is 107 Å². The van der Waals surface area contributed by atoms with Crippen molar-refractivity contribution in [3.05, 3.63) is 0 Å². The smallest absolute Gasteiger partial charge is 0.311 e. The summed E-state index contributed by atoms with van der Waals surface area (Å²) in [6, 6.07) is 0. The standard InChI is InChI=1S/C12H21N3O3/c16-10(8-15-6-1-4-13-5-7-15)14-9-12(2-3-12)11(17)18/h13H,1-9H2,(H,14,16)(H,17,18). The fourth-order valence-corrected chi connectivity index (χ4v) is 2.20. The SMILES string of the molecule is O=C(CN1CCCNCC1)NCC1(C(=O)O)CC1. The van der Waals surface area contributed by atoms with Crippen LogP contribution in [0, 0.1) is 5.41 Å². The van der Waals surface area contributed by atoms with Crippen LogP contribution in [0.25, 0.3) is 0 Å². The number of nitrogens with one attached hydrogen (secondary N) is 2. The molecule has 0 atom stereocenters. The van der Waals surface area contributed by atoms with E-state index in [0.717, 1.165) is 32.6 Å². The largest absolute Gasteiger partial charge is 0.481 e. The number of hydrogen-bond donors (Lipinski definition) is 3. The molecule has 18 heavy (non-hydrogen) atoms. The maximum absolute atomic E-state index is 11.8. The van der Waals surface area contributed by atoms with Crippen LogP contribution in [-0.2, 0) is 9.59 Å². The predicted molar refractivity (Wildman–Crippen MR) is 66.2 cm³/mol. The van der Waals surface area contributed by atoms with E-state index < -0.39 is 11.4 Å². The van der Waals surface area contributed by atoms with E-state index in [1.54, 1.807) is 0 Å². The summed E-state index contributed by atoms with van der Waals surface area (Å²) in [7, 11) is 0. The number of hydrogen-bond acceptors (Lipinski definition) is 4. The van der Waals surface area contributed by atoms with Crippen LogP contribution in [0.3, 0.4) is 0 Å². The van der Waals surface area contributed by atoms with Gasteiger partial charge >= 0.3 is 5.97 Å². The number of aliphatic carboxylic acids is 1. The third-order valence-electron chi connectivity index (χ3n) is 3.73. The van der Waals surface area contributed by atoms with Gasteiger partial charge in [-0.1, -0.05) is 0 Å². The van der Waals surface area contributed by atoms with E-state index in [9.17, 15) is 9.59 Å². The molecule has 1 amide bonds. The van der Waals surface area contributed by atoms with Crippen molar-refractivity contribution in [2.75, 3.05) is 39.3 Å². The molecule has 0 aromatic heterocycles. The number of carboxylic acid groups (broad SMARTS) is 1. The van der Waals surface area contributed by atoms with Crippen LogP contribution in [0.5, 0.6) is 0 Å². The lowest BCUT2D eigenvalue weighted by atomic mass is 10.1. The zero-order valence-corrected chi connectivity index (χ0v) is 10.6. The van der Waals surface area contributed by atoms with E-state index in [1.807, 2.05) is 0 Å². The zero-order valence-electron chi connectivity index (χ0n) is 10.6. The molecule has 1 saturated heterocycles. The summed E-state index contributed by atoms with van der Waals surface area (Å²) < 4.78 is 0. The molecule has 0 radical (unpaired) electrons. The lowest BCUT2D eigenvalue weighted by Crippen LogP contribution is -2.42. The summed E-state index contributed by atoms with van der Waals surface area (Å²) in [5.74, 6) is -0.855. The molecule has 1 aliphatic heterocycles. The first-order valence-corrected chi connectivity index (χ1v) is 6.56. The normalized spacial score (nSPS) is 23.1. The molecule has 0 bridgehead atoms. The highest BCUT2D eigenvalue weighted by atomic mass is 16.4. The molecule has 0 aromatic rings. The van der Waals surface area contributed by atoms with Gasteiger partial charge in [0.05, 0.1) is 12.0 Å². The van der Waals surface area contributed by atoms with Gasteiger partial charge in [0.2, 0.25) is 5.91 Å². The van der Waals surface area contributed by atoms with E-state index in [-0.39, 0.29) is 12.5 Å². The molecule has 3 N–H and O–H groups in total. The molecule has 6 nitrogen and oxygen atoms in total. The molecular weight excluding hydrogens is 234 g/mol. The molecule has 0 spiro atoms. The number of nitrogens with zero attached hydrogens (tertiary/aromatic N) is 1. The number of amides is 1. The third kappa shape index (κ3) is 3.43. The Balaban J connectivity index is 1.70. The van der Waals surface area contributed by atoms with Gasteiger partial charge in [0, 0.05) is 19.6 Å². The highest BCUT2D eigenvalue weighted by molar-refractivity contribution is 5.81. The Morgan fingerprint density at radius 2 is 2.06 bits per heavy atom. The van der Waals surface area contributed by atoms with Gasteiger partial charge < -0.3 is 15.7 Å². The Morgan fingerprint density at radius 1 is 1.28 bits per heavy atom. The lowest BCUT2D eigenvalue weighted by Gasteiger charge is -2.19. The molecule has 1 saturated carbocycles. The summed E-state index contributed by atoms with van der Waals surface area (Å²) in [6.45, 7) is 4.35. The van der Waals surface area contributed by atoms with Crippen LogP contribution in [0.1, 0.15) is 19.3 Å². The van der Waals surface area contributed by atoms with Crippen LogP contribution in [0.2, 0.25) is 0 Å². The fraction of sp³-hybridized carbons (Fsp3) is 0.833. The minimum Gasteiger partial charge on any atom is -0.481 e. The van der Waals surface area contributed by atoms with Crippen LogP contribution >= 0.6 is 0 Å². The maximum atomic E-state index is 11.8.